The number of benzene rings is 1. The lowest BCUT2D eigenvalue weighted by molar-refractivity contribution is -0.156. The van der Waals surface area contributed by atoms with Crippen LogP contribution in [-0.2, 0) is 19.1 Å². The van der Waals surface area contributed by atoms with Gasteiger partial charge in [-0.3, -0.25) is 24.1 Å². The average molecular weight is 383 g/mol. The molecule has 0 radical (unpaired) electrons. The number of carbonyl (C=O) groups is 3. The van der Waals surface area contributed by atoms with E-state index in [-0.39, 0.29) is 35.0 Å². The van der Waals surface area contributed by atoms with E-state index in [0.29, 0.717) is 23.7 Å². The average Bonchev–Trinajstić information content (AvgIpc) is 2.93. The Morgan fingerprint density at radius 2 is 1.82 bits per heavy atom. The summed E-state index contributed by atoms with van der Waals surface area (Å²) in [6.07, 6.45) is 2.42. The SMILES string of the molecule is C[C@H](OC(=O)CN1C(=O)[C@H]2CCCC[C@@H]2C1=O)c1nc2ccccc2c(=O)[nH]1. The van der Waals surface area contributed by atoms with Crippen LogP contribution < -0.4 is 5.56 Å². The van der Waals surface area contributed by atoms with E-state index in [1.54, 1.807) is 31.2 Å². The highest BCUT2D eigenvalue weighted by molar-refractivity contribution is 6.07. The van der Waals surface area contributed by atoms with Gasteiger partial charge in [0.15, 0.2) is 11.9 Å². The fourth-order valence-corrected chi connectivity index (χ4v) is 4.10. The highest BCUT2D eigenvalue weighted by Crippen LogP contribution is 2.37. The number of aromatic nitrogens is 2. The highest BCUT2D eigenvalue weighted by Gasteiger charge is 2.48. The number of esters is 1. The maximum Gasteiger partial charge on any atom is 0.326 e. The maximum atomic E-state index is 12.5. The van der Waals surface area contributed by atoms with E-state index in [0.717, 1.165) is 17.7 Å². The van der Waals surface area contributed by atoms with Gasteiger partial charge in [-0.05, 0) is 31.9 Å². The third-order valence-electron chi connectivity index (χ3n) is 5.54. The number of hydrogen-bond acceptors (Lipinski definition) is 6. The molecule has 1 saturated carbocycles. The molecule has 2 fully saturated rings. The summed E-state index contributed by atoms with van der Waals surface area (Å²) in [4.78, 5) is 57.4. The number of rotatable bonds is 4. The molecule has 1 aliphatic carbocycles. The Hall–Kier alpha value is -3.03. The van der Waals surface area contributed by atoms with E-state index in [1.807, 2.05) is 0 Å². The van der Waals surface area contributed by atoms with Gasteiger partial charge in [0.05, 0.1) is 22.7 Å². The van der Waals surface area contributed by atoms with Crippen molar-refractivity contribution in [1.82, 2.24) is 14.9 Å². The summed E-state index contributed by atoms with van der Waals surface area (Å²) >= 11 is 0. The van der Waals surface area contributed by atoms with E-state index >= 15 is 0 Å². The molecule has 146 valence electrons. The van der Waals surface area contributed by atoms with E-state index in [2.05, 4.69) is 9.97 Å². The van der Waals surface area contributed by atoms with Crippen molar-refractivity contribution in [3.05, 3.63) is 40.4 Å². The van der Waals surface area contributed by atoms with Crippen LogP contribution in [0.3, 0.4) is 0 Å². The molecule has 4 rings (SSSR count). The Morgan fingerprint density at radius 3 is 2.50 bits per heavy atom. The fourth-order valence-electron chi connectivity index (χ4n) is 4.10. The molecular formula is C20H21N3O5. The molecule has 8 heteroatoms. The van der Waals surface area contributed by atoms with Gasteiger partial charge >= 0.3 is 5.97 Å². The number of carbonyl (C=O) groups excluding carboxylic acids is 3. The molecule has 1 N–H and O–H groups in total. The van der Waals surface area contributed by atoms with Crippen LogP contribution in [0.5, 0.6) is 0 Å². The summed E-state index contributed by atoms with van der Waals surface area (Å²) in [5.41, 5.74) is 0.176. The number of hydrogen-bond donors (Lipinski definition) is 1. The molecule has 3 atom stereocenters. The lowest BCUT2D eigenvalue weighted by Crippen LogP contribution is -2.37. The van der Waals surface area contributed by atoms with Crippen LogP contribution >= 0.6 is 0 Å². The maximum absolute atomic E-state index is 12.5. The molecule has 0 spiro atoms. The minimum atomic E-state index is -0.820. The standard InChI is InChI=1S/C20H21N3O5/c1-11(17-21-15-9-5-4-8-14(15)18(25)22-17)28-16(24)10-23-19(26)12-6-2-3-7-13(12)20(23)27/h4-5,8-9,11-13H,2-3,6-7,10H2,1H3,(H,21,22,25)/t11-,12-,13-/m0/s1. The first-order chi connectivity index (χ1) is 13.5. The number of nitrogens with one attached hydrogen (secondary N) is 1. The van der Waals surface area contributed by atoms with Gasteiger partial charge in [-0.1, -0.05) is 25.0 Å². The largest absolute Gasteiger partial charge is 0.453 e. The molecule has 2 aliphatic rings. The Kier molecular flexibility index (Phi) is 4.70. The van der Waals surface area contributed by atoms with Crippen molar-refractivity contribution in [3.8, 4) is 0 Å². The van der Waals surface area contributed by atoms with Crippen molar-refractivity contribution in [3.63, 3.8) is 0 Å². The number of amides is 2. The second kappa shape index (κ2) is 7.18. The first-order valence-corrected chi connectivity index (χ1v) is 9.49. The molecule has 1 aromatic heterocycles. The molecular weight excluding hydrogens is 362 g/mol. The fraction of sp³-hybridized carbons (Fsp3) is 0.450. The molecule has 0 unspecified atom stereocenters. The predicted octanol–water partition coefficient (Wildman–Crippen LogP) is 1.70. The quantitative estimate of drug-likeness (QED) is 0.636. The number of H-pyrrole nitrogens is 1. The summed E-state index contributed by atoms with van der Waals surface area (Å²) in [5.74, 6) is -1.66. The van der Waals surface area contributed by atoms with Gasteiger partial charge in [-0.25, -0.2) is 4.98 Å². The van der Waals surface area contributed by atoms with Crippen LogP contribution in [-0.4, -0.2) is 39.2 Å². The van der Waals surface area contributed by atoms with Gasteiger partial charge in [0.1, 0.15) is 6.54 Å². The predicted molar refractivity (Wildman–Crippen MR) is 99.0 cm³/mol. The Morgan fingerprint density at radius 1 is 1.18 bits per heavy atom. The third kappa shape index (κ3) is 3.19. The summed E-state index contributed by atoms with van der Waals surface area (Å²) in [5, 5.41) is 0.445. The van der Waals surface area contributed by atoms with Crippen molar-refractivity contribution in [2.75, 3.05) is 6.54 Å². The number of aromatic amines is 1. The first kappa shape index (κ1) is 18.3. The smallest absolute Gasteiger partial charge is 0.326 e. The molecule has 1 saturated heterocycles. The van der Waals surface area contributed by atoms with Gasteiger partial charge in [0.25, 0.3) is 5.56 Å². The van der Waals surface area contributed by atoms with Crippen molar-refractivity contribution in [1.29, 1.82) is 0 Å². The van der Waals surface area contributed by atoms with Crippen LogP contribution in [0.4, 0.5) is 0 Å². The van der Waals surface area contributed by atoms with Gasteiger partial charge in [-0.15, -0.1) is 0 Å². The second-order valence-corrected chi connectivity index (χ2v) is 7.36. The third-order valence-corrected chi connectivity index (χ3v) is 5.54. The molecule has 1 aliphatic heterocycles. The number of para-hydroxylation sites is 1. The topological polar surface area (TPSA) is 109 Å². The van der Waals surface area contributed by atoms with Crippen molar-refractivity contribution >= 4 is 28.7 Å². The highest BCUT2D eigenvalue weighted by atomic mass is 16.5. The summed E-state index contributed by atoms with van der Waals surface area (Å²) < 4.78 is 5.33. The summed E-state index contributed by atoms with van der Waals surface area (Å²) in [7, 11) is 0. The van der Waals surface area contributed by atoms with Gasteiger partial charge in [-0.2, -0.15) is 0 Å². The number of likely N-dealkylation sites (tertiary alicyclic amines) is 1. The van der Waals surface area contributed by atoms with Crippen LogP contribution in [0.15, 0.2) is 29.1 Å². The zero-order chi connectivity index (χ0) is 19.8. The first-order valence-electron chi connectivity index (χ1n) is 9.49. The normalized spacial score (nSPS) is 23.0. The van der Waals surface area contributed by atoms with Gasteiger partial charge < -0.3 is 9.72 Å². The summed E-state index contributed by atoms with van der Waals surface area (Å²) in [6, 6.07) is 6.86. The van der Waals surface area contributed by atoms with Crippen LogP contribution in [0.25, 0.3) is 10.9 Å². The molecule has 1 aromatic carbocycles. The van der Waals surface area contributed by atoms with E-state index in [1.165, 1.54) is 0 Å². The molecule has 28 heavy (non-hydrogen) atoms. The van der Waals surface area contributed by atoms with Crippen molar-refractivity contribution in [2.45, 2.75) is 38.7 Å². The van der Waals surface area contributed by atoms with E-state index in [9.17, 15) is 19.2 Å². The molecule has 2 aromatic rings. The van der Waals surface area contributed by atoms with Crippen LogP contribution in [0.1, 0.15) is 44.5 Å². The van der Waals surface area contributed by atoms with Crippen molar-refractivity contribution < 1.29 is 19.1 Å². The van der Waals surface area contributed by atoms with E-state index < -0.39 is 18.6 Å². The second-order valence-electron chi connectivity index (χ2n) is 7.36. The number of imide groups is 1. The van der Waals surface area contributed by atoms with Crippen LogP contribution in [0.2, 0.25) is 0 Å². The number of nitrogens with zero attached hydrogens (tertiary/aromatic N) is 2. The van der Waals surface area contributed by atoms with Gasteiger partial charge in [0, 0.05) is 0 Å². The lowest BCUT2D eigenvalue weighted by atomic mass is 9.81. The Labute approximate surface area is 160 Å². The lowest BCUT2D eigenvalue weighted by Gasteiger charge is -2.19. The molecule has 0 bridgehead atoms. The zero-order valence-corrected chi connectivity index (χ0v) is 15.5. The molecule has 2 heterocycles. The van der Waals surface area contributed by atoms with E-state index in [4.69, 9.17) is 4.74 Å². The number of ether oxygens (including phenoxy) is 1. The van der Waals surface area contributed by atoms with Crippen molar-refractivity contribution in [2.24, 2.45) is 11.8 Å². The van der Waals surface area contributed by atoms with Crippen LogP contribution in [0, 0.1) is 11.8 Å². The number of fused-ring (bicyclic) bond motifs is 2. The molecule has 8 nitrogen and oxygen atoms in total. The molecule has 2 amide bonds. The minimum Gasteiger partial charge on any atom is -0.453 e. The zero-order valence-electron chi connectivity index (χ0n) is 15.5. The minimum absolute atomic E-state index is 0.213. The summed E-state index contributed by atoms with van der Waals surface area (Å²) in [6.45, 7) is 1.17. The van der Waals surface area contributed by atoms with Gasteiger partial charge in [0.2, 0.25) is 11.8 Å². The Bertz CT molecular complexity index is 990. The monoisotopic (exact) mass is 383 g/mol. The Balaban J connectivity index is 1.46.